The second kappa shape index (κ2) is 2.96. The first-order chi connectivity index (χ1) is 7.28. The number of rotatable bonds is 0. The first-order valence-electron chi connectivity index (χ1n) is 5.44. The second-order valence-corrected chi connectivity index (χ2v) is 4.61. The highest BCUT2D eigenvalue weighted by Gasteiger charge is 2.30. The first-order valence-corrected chi connectivity index (χ1v) is 5.44. The molecule has 0 bridgehead atoms. The average Bonchev–Trinajstić information content (AvgIpc) is 2.25. The molecule has 0 N–H and O–H groups in total. The molecule has 0 fully saturated rings. The molecule has 0 radical (unpaired) electrons. The zero-order chi connectivity index (χ0) is 10.3. The highest BCUT2D eigenvalue weighted by Crippen LogP contribution is 2.41. The third-order valence-corrected chi connectivity index (χ3v) is 3.43. The van der Waals surface area contributed by atoms with Gasteiger partial charge in [-0.05, 0) is 23.1 Å². The summed E-state index contributed by atoms with van der Waals surface area (Å²) in [7, 11) is 0. The van der Waals surface area contributed by atoms with Crippen molar-refractivity contribution in [3.8, 4) is 0 Å². The van der Waals surface area contributed by atoms with Crippen LogP contribution in [-0.2, 0) is 6.42 Å². The molecule has 0 saturated carbocycles. The van der Waals surface area contributed by atoms with E-state index in [2.05, 4.69) is 61.6 Å². The van der Waals surface area contributed by atoms with Gasteiger partial charge >= 0.3 is 0 Å². The van der Waals surface area contributed by atoms with Gasteiger partial charge in [-0.2, -0.15) is 0 Å². The Labute approximate surface area is 90.6 Å². The number of hydrogen-bond donors (Lipinski definition) is 0. The lowest BCUT2D eigenvalue weighted by Gasteiger charge is -2.34. The maximum atomic E-state index is 2.32. The van der Waals surface area contributed by atoms with E-state index in [1.54, 1.807) is 0 Å². The molecule has 0 saturated heterocycles. The van der Waals surface area contributed by atoms with E-state index in [1.165, 1.54) is 16.7 Å². The van der Waals surface area contributed by atoms with Gasteiger partial charge in [0.25, 0.3) is 0 Å². The van der Waals surface area contributed by atoms with E-state index in [0.717, 1.165) is 6.42 Å². The van der Waals surface area contributed by atoms with Gasteiger partial charge in [-0.15, -0.1) is 0 Å². The second-order valence-electron chi connectivity index (χ2n) is 4.61. The number of benzene rings is 1. The molecule has 74 valence electrons. The molecule has 1 aromatic carbocycles. The van der Waals surface area contributed by atoms with Gasteiger partial charge in [-0.25, -0.2) is 0 Å². The van der Waals surface area contributed by atoms with E-state index in [1.807, 2.05) is 0 Å². The summed E-state index contributed by atoms with van der Waals surface area (Å²) < 4.78 is 0. The molecule has 0 nitrogen and oxygen atoms in total. The van der Waals surface area contributed by atoms with Gasteiger partial charge in [0.1, 0.15) is 0 Å². The zero-order valence-corrected chi connectivity index (χ0v) is 8.90. The fourth-order valence-corrected chi connectivity index (χ4v) is 2.49. The molecule has 1 aromatic rings. The molecule has 1 unspecified atom stereocenters. The summed E-state index contributed by atoms with van der Waals surface area (Å²) >= 11 is 0. The molecule has 3 rings (SSSR count). The Balaban J connectivity index is 2.19. The van der Waals surface area contributed by atoms with E-state index < -0.39 is 0 Å². The van der Waals surface area contributed by atoms with Crippen LogP contribution in [0.5, 0.6) is 0 Å². The number of fused-ring (bicyclic) bond motifs is 2. The van der Waals surface area contributed by atoms with Crippen LogP contribution in [-0.4, -0.2) is 0 Å². The minimum Gasteiger partial charge on any atom is -0.0739 e. The fraction of sp³-hybridized carbons (Fsp3) is 0.200. The molecule has 0 heterocycles. The predicted molar refractivity (Wildman–Crippen MR) is 64.5 cm³/mol. The van der Waals surface area contributed by atoms with Crippen LogP contribution in [0.1, 0.15) is 18.1 Å². The van der Waals surface area contributed by atoms with Gasteiger partial charge in [0.15, 0.2) is 0 Å². The maximum absolute atomic E-state index is 2.32. The Hall–Kier alpha value is -1.56. The van der Waals surface area contributed by atoms with Crippen molar-refractivity contribution in [1.82, 2.24) is 0 Å². The van der Waals surface area contributed by atoms with Gasteiger partial charge in [-0.3, -0.25) is 0 Å². The van der Waals surface area contributed by atoms with Crippen molar-refractivity contribution in [1.29, 1.82) is 0 Å². The lowest BCUT2D eigenvalue weighted by Crippen LogP contribution is -2.23. The Morgan fingerprint density at radius 1 is 1.13 bits per heavy atom. The molecule has 0 heteroatoms. The highest BCUT2D eigenvalue weighted by molar-refractivity contribution is 5.66. The van der Waals surface area contributed by atoms with Crippen molar-refractivity contribution in [3.63, 3.8) is 0 Å². The summed E-state index contributed by atoms with van der Waals surface area (Å²) in [4.78, 5) is 0. The Bertz CT molecular complexity index is 489. The fourth-order valence-electron chi connectivity index (χ4n) is 2.49. The SMILES string of the molecule is CC12C=CC=CC1=Cc1ccccc1C2. The van der Waals surface area contributed by atoms with Crippen LogP contribution in [0.2, 0.25) is 0 Å². The van der Waals surface area contributed by atoms with Crippen LogP contribution in [0.4, 0.5) is 0 Å². The van der Waals surface area contributed by atoms with E-state index >= 15 is 0 Å². The topological polar surface area (TPSA) is 0 Å². The smallest absolute Gasteiger partial charge is 0.0147 e. The van der Waals surface area contributed by atoms with E-state index in [9.17, 15) is 0 Å². The zero-order valence-electron chi connectivity index (χ0n) is 8.90. The van der Waals surface area contributed by atoms with Crippen LogP contribution < -0.4 is 0 Å². The molecule has 1 atom stereocenters. The van der Waals surface area contributed by atoms with Crippen molar-refractivity contribution < 1.29 is 0 Å². The van der Waals surface area contributed by atoms with Crippen molar-refractivity contribution >= 4 is 6.08 Å². The molecular weight excluding hydrogens is 180 g/mol. The maximum Gasteiger partial charge on any atom is 0.0147 e. The van der Waals surface area contributed by atoms with Gasteiger partial charge < -0.3 is 0 Å². The van der Waals surface area contributed by atoms with Gasteiger partial charge in [0.05, 0.1) is 0 Å². The Kier molecular flexibility index (Phi) is 1.72. The minimum absolute atomic E-state index is 0.211. The van der Waals surface area contributed by atoms with E-state index in [-0.39, 0.29) is 5.41 Å². The Morgan fingerprint density at radius 2 is 2.00 bits per heavy atom. The normalized spacial score (nSPS) is 26.9. The van der Waals surface area contributed by atoms with Crippen LogP contribution in [0.25, 0.3) is 6.08 Å². The largest absolute Gasteiger partial charge is 0.0739 e. The monoisotopic (exact) mass is 194 g/mol. The summed E-state index contributed by atoms with van der Waals surface area (Å²) in [5.74, 6) is 0. The molecule has 2 aliphatic carbocycles. The number of hydrogen-bond acceptors (Lipinski definition) is 0. The lowest BCUT2D eigenvalue weighted by atomic mass is 9.70. The lowest BCUT2D eigenvalue weighted by molar-refractivity contribution is 0.516. The minimum atomic E-state index is 0.211. The summed E-state index contributed by atoms with van der Waals surface area (Å²) in [6.45, 7) is 2.31. The van der Waals surface area contributed by atoms with Crippen molar-refractivity contribution in [2.45, 2.75) is 13.3 Å². The third kappa shape index (κ3) is 1.29. The Morgan fingerprint density at radius 3 is 2.93 bits per heavy atom. The molecule has 0 aliphatic heterocycles. The molecule has 15 heavy (non-hydrogen) atoms. The van der Waals surface area contributed by atoms with Crippen LogP contribution in [0, 0.1) is 5.41 Å². The third-order valence-electron chi connectivity index (χ3n) is 3.43. The van der Waals surface area contributed by atoms with Gasteiger partial charge in [0.2, 0.25) is 0 Å². The van der Waals surface area contributed by atoms with Crippen LogP contribution >= 0.6 is 0 Å². The number of allylic oxidation sites excluding steroid dienone is 5. The first kappa shape index (κ1) is 8.72. The predicted octanol–water partition coefficient (Wildman–Crippen LogP) is 3.76. The van der Waals surface area contributed by atoms with Crippen molar-refractivity contribution in [2.75, 3.05) is 0 Å². The van der Waals surface area contributed by atoms with Crippen molar-refractivity contribution in [3.05, 3.63) is 65.3 Å². The molecule has 0 amide bonds. The average molecular weight is 194 g/mol. The summed E-state index contributed by atoms with van der Waals surface area (Å²) in [5.41, 5.74) is 4.49. The molecule has 0 aromatic heterocycles. The van der Waals surface area contributed by atoms with Crippen LogP contribution in [0.15, 0.2) is 54.1 Å². The van der Waals surface area contributed by atoms with Gasteiger partial charge in [0, 0.05) is 5.41 Å². The highest BCUT2D eigenvalue weighted by atomic mass is 14.3. The standard InChI is InChI=1S/C15H14/c1-15-9-5-4-8-14(15)10-12-6-2-3-7-13(12)11-15/h2-10H,11H2,1H3. The molecule has 2 aliphatic rings. The summed E-state index contributed by atoms with van der Waals surface area (Å²) in [6, 6.07) is 8.68. The molecular formula is C15H14. The quantitative estimate of drug-likeness (QED) is 0.590. The summed E-state index contributed by atoms with van der Waals surface area (Å²) in [6.07, 6.45) is 12.3. The summed E-state index contributed by atoms with van der Waals surface area (Å²) in [5, 5.41) is 0. The van der Waals surface area contributed by atoms with E-state index in [4.69, 9.17) is 0 Å². The van der Waals surface area contributed by atoms with Gasteiger partial charge in [-0.1, -0.05) is 61.6 Å². The van der Waals surface area contributed by atoms with Crippen molar-refractivity contribution in [2.24, 2.45) is 5.41 Å². The molecule has 0 spiro atoms. The van der Waals surface area contributed by atoms with E-state index in [0.29, 0.717) is 0 Å². The van der Waals surface area contributed by atoms with Crippen LogP contribution in [0.3, 0.4) is 0 Å².